The second-order valence-electron chi connectivity index (χ2n) is 2.60. The lowest BCUT2D eigenvalue weighted by Gasteiger charge is -2.09. The van der Waals surface area contributed by atoms with Crippen LogP contribution in [0.25, 0.3) is 0 Å². The van der Waals surface area contributed by atoms with Gasteiger partial charge in [0.1, 0.15) is 0 Å². The monoisotopic (exact) mass is 318 g/mol. The first-order valence-corrected chi connectivity index (χ1v) is 5.63. The third-order valence-electron chi connectivity index (χ3n) is 1.53. The fourth-order valence-corrected chi connectivity index (χ4v) is 1.61. The molecule has 0 unspecified atom stereocenters. The average Bonchev–Trinajstić information content (AvgIpc) is 2.18. The van der Waals surface area contributed by atoms with Gasteiger partial charge in [0.25, 0.3) is 0 Å². The molecule has 0 bridgehead atoms. The van der Waals surface area contributed by atoms with E-state index in [9.17, 15) is 0 Å². The Labute approximate surface area is 103 Å². The van der Waals surface area contributed by atoms with E-state index >= 15 is 0 Å². The minimum absolute atomic E-state index is 0.619. The van der Waals surface area contributed by atoms with Gasteiger partial charge in [-0.05, 0) is 46.9 Å². The highest BCUT2D eigenvalue weighted by molar-refractivity contribution is 14.1. The summed E-state index contributed by atoms with van der Waals surface area (Å²) in [6, 6.07) is 7.98. The number of hydrogen-bond donors (Lipinski definition) is 2. The first-order valence-electron chi connectivity index (χ1n) is 4.14. The molecule has 2 nitrogen and oxygen atoms in total. The Balaban J connectivity index is 2.56. The average molecular weight is 318 g/mol. The molecule has 0 heterocycles. The molecule has 2 N–H and O–H groups in total. The third-order valence-corrected chi connectivity index (χ3v) is 2.72. The molecule has 1 rings (SSSR count). The summed E-state index contributed by atoms with van der Waals surface area (Å²) in [6.45, 7) is 4.28. The molecule has 1 aromatic carbocycles. The van der Waals surface area contributed by atoms with E-state index in [-0.39, 0.29) is 0 Å². The van der Waals surface area contributed by atoms with Gasteiger partial charge in [0.15, 0.2) is 5.11 Å². The summed E-state index contributed by atoms with van der Waals surface area (Å²) in [4.78, 5) is 0. The van der Waals surface area contributed by atoms with E-state index in [2.05, 4.69) is 39.8 Å². The summed E-state index contributed by atoms with van der Waals surface area (Å²) in [5.74, 6) is 0. The Bertz CT molecular complexity index is 339. The summed E-state index contributed by atoms with van der Waals surface area (Å²) in [7, 11) is 0. The van der Waals surface area contributed by atoms with E-state index in [1.54, 1.807) is 6.08 Å². The van der Waals surface area contributed by atoms with Crippen molar-refractivity contribution < 1.29 is 0 Å². The van der Waals surface area contributed by atoms with Gasteiger partial charge in [-0.1, -0.05) is 18.2 Å². The smallest absolute Gasteiger partial charge is 0.171 e. The van der Waals surface area contributed by atoms with Gasteiger partial charge in [0, 0.05) is 10.1 Å². The van der Waals surface area contributed by atoms with Gasteiger partial charge in [-0.25, -0.2) is 0 Å². The van der Waals surface area contributed by atoms with Crippen LogP contribution in [0.15, 0.2) is 36.9 Å². The second-order valence-corrected chi connectivity index (χ2v) is 4.17. The summed E-state index contributed by atoms with van der Waals surface area (Å²) in [5, 5.41) is 6.74. The summed E-state index contributed by atoms with van der Waals surface area (Å²) in [5.41, 5.74) is 1.02. The van der Waals surface area contributed by atoms with Crippen molar-refractivity contribution in [2.45, 2.75) is 0 Å². The van der Waals surface area contributed by atoms with Gasteiger partial charge in [0.05, 0.1) is 5.69 Å². The van der Waals surface area contributed by atoms with Crippen LogP contribution in [0.5, 0.6) is 0 Å². The maximum Gasteiger partial charge on any atom is 0.171 e. The Morgan fingerprint density at radius 2 is 2.21 bits per heavy atom. The molecule has 1 aromatic rings. The number of nitrogens with one attached hydrogen (secondary N) is 2. The van der Waals surface area contributed by atoms with Crippen LogP contribution in [0.3, 0.4) is 0 Å². The molecule has 0 aromatic heterocycles. The van der Waals surface area contributed by atoms with E-state index in [1.807, 2.05) is 24.3 Å². The minimum Gasteiger partial charge on any atom is -0.359 e. The third kappa shape index (κ3) is 3.63. The van der Waals surface area contributed by atoms with E-state index in [0.29, 0.717) is 11.7 Å². The lowest BCUT2D eigenvalue weighted by Crippen LogP contribution is -2.28. The standard InChI is InChI=1S/C10H11IN2S/c1-2-7-12-10(14)13-9-6-4-3-5-8(9)11/h2-6H,1,7H2,(H2,12,13,14). The Hall–Kier alpha value is -0.620. The molecule has 0 aliphatic heterocycles. The van der Waals surface area contributed by atoms with E-state index in [1.165, 1.54) is 0 Å². The number of anilines is 1. The zero-order chi connectivity index (χ0) is 10.4. The van der Waals surface area contributed by atoms with Crippen LogP contribution in [0.4, 0.5) is 5.69 Å². The molecule has 0 amide bonds. The van der Waals surface area contributed by atoms with Crippen molar-refractivity contribution in [2.24, 2.45) is 0 Å². The van der Waals surface area contributed by atoms with Gasteiger partial charge in [-0.3, -0.25) is 0 Å². The van der Waals surface area contributed by atoms with Crippen molar-refractivity contribution >= 4 is 45.6 Å². The van der Waals surface area contributed by atoms with Crippen LogP contribution in [-0.4, -0.2) is 11.7 Å². The zero-order valence-corrected chi connectivity index (χ0v) is 10.6. The summed E-state index contributed by atoms with van der Waals surface area (Å²) >= 11 is 7.35. The number of rotatable bonds is 3. The Kier molecular flexibility index (Phi) is 4.89. The highest BCUT2D eigenvalue weighted by Crippen LogP contribution is 2.16. The Morgan fingerprint density at radius 1 is 1.50 bits per heavy atom. The molecule has 0 aliphatic carbocycles. The maximum atomic E-state index is 5.09. The SMILES string of the molecule is C=CCNC(=S)Nc1ccccc1I. The van der Waals surface area contributed by atoms with Gasteiger partial charge in [-0.2, -0.15) is 0 Å². The highest BCUT2D eigenvalue weighted by atomic mass is 127. The number of benzene rings is 1. The first-order chi connectivity index (χ1) is 6.74. The van der Waals surface area contributed by atoms with Gasteiger partial charge in [0.2, 0.25) is 0 Å². The quantitative estimate of drug-likeness (QED) is 0.509. The highest BCUT2D eigenvalue weighted by Gasteiger charge is 1.99. The number of halogens is 1. The molecule has 0 saturated heterocycles. The molecule has 0 saturated carbocycles. The lowest BCUT2D eigenvalue weighted by molar-refractivity contribution is 1.06. The van der Waals surface area contributed by atoms with Crippen molar-refractivity contribution in [1.29, 1.82) is 0 Å². The van der Waals surface area contributed by atoms with Crippen LogP contribution in [0.1, 0.15) is 0 Å². The fourth-order valence-electron chi connectivity index (χ4n) is 0.894. The normalized spacial score (nSPS) is 9.21. The van der Waals surface area contributed by atoms with Crippen LogP contribution in [-0.2, 0) is 0 Å². The van der Waals surface area contributed by atoms with Crippen molar-refractivity contribution in [3.8, 4) is 0 Å². The molecule has 14 heavy (non-hydrogen) atoms. The van der Waals surface area contributed by atoms with Crippen molar-refractivity contribution in [3.63, 3.8) is 0 Å². The number of para-hydroxylation sites is 1. The van der Waals surface area contributed by atoms with Crippen LogP contribution in [0, 0.1) is 3.57 Å². The van der Waals surface area contributed by atoms with Gasteiger partial charge >= 0.3 is 0 Å². The predicted molar refractivity (Wildman–Crippen MR) is 73.6 cm³/mol. The molecule has 0 aliphatic rings. The second kappa shape index (κ2) is 5.98. The number of thiocarbonyl (C=S) groups is 1. The molecular weight excluding hydrogens is 307 g/mol. The predicted octanol–water partition coefficient (Wildman–Crippen LogP) is 2.76. The van der Waals surface area contributed by atoms with E-state index in [4.69, 9.17) is 12.2 Å². The minimum atomic E-state index is 0.619. The molecule has 0 radical (unpaired) electrons. The zero-order valence-electron chi connectivity index (χ0n) is 7.59. The van der Waals surface area contributed by atoms with Crippen molar-refractivity contribution in [3.05, 3.63) is 40.5 Å². The Morgan fingerprint density at radius 3 is 2.86 bits per heavy atom. The van der Waals surface area contributed by atoms with Crippen LogP contribution in [0.2, 0.25) is 0 Å². The van der Waals surface area contributed by atoms with Crippen molar-refractivity contribution in [2.75, 3.05) is 11.9 Å². The lowest BCUT2D eigenvalue weighted by atomic mass is 10.3. The summed E-state index contributed by atoms with van der Waals surface area (Å²) < 4.78 is 1.15. The maximum absolute atomic E-state index is 5.09. The van der Waals surface area contributed by atoms with Gasteiger partial charge in [-0.15, -0.1) is 6.58 Å². The molecule has 0 spiro atoms. The topological polar surface area (TPSA) is 24.1 Å². The molecule has 0 fully saturated rings. The summed E-state index contributed by atoms with van der Waals surface area (Å²) in [6.07, 6.45) is 1.77. The fraction of sp³-hybridized carbons (Fsp3) is 0.100. The molecule has 4 heteroatoms. The molecular formula is C10H11IN2S. The molecule has 74 valence electrons. The van der Waals surface area contributed by atoms with Crippen molar-refractivity contribution in [1.82, 2.24) is 5.32 Å². The van der Waals surface area contributed by atoms with E-state index < -0.39 is 0 Å². The first kappa shape index (κ1) is 11.5. The largest absolute Gasteiger partial charge is 0.359 e. The van der Waals surface area contributed by atoms with E-state index in [0.717, 1.165) is 9.26 Å². The number of hydrogen-bond acceptors (Lipinski definition) is 1. The van der Waals surface area contributed by atoms with Crippen LogP contribution < -0.4 is 10.6 Å². The molecule has 0 atom stereocenters. The van der Waals surface area contributed by atoms with Gasteiger partial charge < -0.3 is 10.6 Å². The van der Waals surface area contributed by atoms with Crippen LogP contribution >= 0.6 is 34.8 Å².